The Balaban J connectivity index is 1.19. The van der Waals surface area contributed by atoms with E-state index in [-0.39, 0.29) is 24.5 Å². The Morgan fingerprint density at radius 1 is 1.21 bits per heavy atom. The summed E-state index contributed by atoms with van der Waals surface area (Å²) in [5, 5.41) is 3.57. The Hall–Kier alpha value is -2.73. The maximum absolute atomic E-state index is 12.2. The Kier molecular flexibility index (Phi) is 5.62. The van der Waals surface area contributed by atoms with Gasteiger partial charge in [0.15, 0.2) is 0 Å². The predicted molar refractivity (Wildman–Crippen MR) is 110 cm³/mol. The topological polar surface area (TPSA) is 67.9 Å². The number of hydrogen-bond acceptors (Lipinski definition) is 4. The number of anilines is 1. The highest BCUT2D eigenvalue weighted by Gasteiger charge is 2.32. The fraction of sp³-hybridized carbons (Fsp3) is 0.364. The first-order valence-corrected chi connectivity index (χ1v) is 10.1. The highest BCUT2D eigenvalue weighted by Crippen LogP contribution is 2.28. The molecular formula is C22H23ClN2O4. The first-order valence-electron chi connectivity index (χ1n) is 9.70. The van der Waals surface area contributed by atoms with E-state index in [2.05, 4.69) is 5.32 Å². The molecule has 6 nitrogen and oxygen atoms in total. The van der Waals surface area contributed by atoms with Crippen molar-refractivity contribution >= 4 is 29.3 Å². The van der Waals surface area contributed by atoms with Gasteiger partial charge in [0.1, 0.15) is 12.4 Å². The van der Waals surface area contributed by atoms with E-state index in [0.29, 0.717) is 31.1 Å². The summed E-state index contributed by atoms with van der Waals surface area (Å²) in [6, 6.07) is 11.3. The van der Waals surface area contributed by atoms with Crippen molar-refractivity contribution in [2.45, 2.75) is 26.4 Å². The van der Waals surface area contributed by atoms with Gasteiger partial charge in [-0.15, -0.1) is 0 Å². The number of fused-ring (bicyclic) bond motifs is 1. The number of nitrogens with zero attached hydrogens (tertiary/aromatic N) is 1. The van der Waals surface area contributed by atoms with Crippen LogP contribution in [0.1, 0.15) is 23.1 Å². The third-order valence-electron chi connectivity index (χ3n) is 5.26. The molecule has 1 fully saturated rings. The maximum atomic E-state index is 12.2. The number of hydrogen-bond donors (Lipinski definition) is 1. The Bertz CT molecular complexity index is 940. The maximum Gasteiger partial charge on any atom is 0.410 e. The van der Waals surface area contributed by atoms with Crippen LogP contribution in [0.25, 0.3) is 0 Å². The first-order chi connectivity index (χ1) is 14.0. The van der Waals surface area contributed by atoms with Gasteiger partial charge >= 0.3 is 6.09 Å². The lowest BCUT2D eigenvalue weighted by molar-refractivity contribution is -0.116. The molecule has 0 bridgehead atoms. The molecule has 2 heterocycles. The minimum Gasteiger partial charge on any atom is -0.493 e. The average Bonchev–Trinajstić information content (AvgIpc) is 2.67. The second kappa shape index (κ2) is 8.33. The quantitative estimate of drug-likeness (QED) is 0.796. The zero-order valence-corrected chi connectivity index (χ0v) is 17.0. The molecule has 2 aromatic rings. The molecule has 1 saturated heterocycles. The van der Waals surface area contributed by atoms with Crippen molar-refractivity contribution in [1.82, 2.24) is 4.90 Å². The van der Waals surface area contributed by atoms with E-state index < -0.39 is 0 Å². The number of benzene rings is 2. The number of amides is 2. The molecule has 0 atom stereocenters. The molecule has 4 rings (SSSR count). The molecule has 0 saturated carbocycles. The SMILES string of the molecule is Cc1cc(COC(=O)N2CC(COc3ccc4c(c3)CCC(=O)N4)C2)ccc1Cl. The van der Waals surface area contributed by atoms with Gasteiger partial charge in [-0.1, -0.05) is 23.7 Å². The number of aryl methyl sites for hydroxylation is 2. The second-order valence-electron chi connectivity index (χ2n) is 7.59. The number of halogens is 1. The zero-order valence-electron chi connectivity index (χ0n) is 16.2. The van der Waals surface area contributed by atoms with Crippen LogP contribution in [-0.4, -0.2) is 36.6 Å². The van der Waals surface area contributed by atoms with Crippen LogP contribution in [0.4, 0.5) is 10.5 Å². The van der Waals surface area contributed by atoms with E-state index in [1.165, 1.54) is 0 Å². The molecule has 2 aromatic carbocycles. The van der Waals surface area contributed by atoms with Gasteiger partial charge in [-0.2, -0.15) is 0 Å². The minimum atomic E-state index is -0.307. The van der Waals surface area contributed by atoms with Gasteiger partial charge in [0.25, 0.3) is 0 Å². The van der Waals surface area contributed by atoms with Crippen LogP contribution in [0.2, 0.25) is 5.02 Å². The van der Waals surface area contributed by atoms with E-state index in [4.69, 9.17) is 21.1 Å². The van der Waals surface area contributed by atoms with Gasteiger partial charge in [-0.3, -0.25) is 4.79 Å². The normalized spacial score (nSPS) is 15.9. The van der Waals surface area contributed by atoms with Gasteiger partial charge in [-0.05, 0) is 54.3 Å². The van der Waals surface area contributed by atoms with Gasteiger partial charge in [0.05, 0.1) is 6.61 Å². The zero-order chi connectivity index (χ0) is 20.4. The average molecular weight is 415 g/mol. The van der Waals surface area contributed by atoms with Crippen molar-refractivity contribution in [3.05, 3.63) is 58.1 Å². The molecule has 1 N–H and O–H groups in total. The molecule has 0 aromatic heterocycles. The smallest absolute Gasteiger partial charge is 0.410 e. The van der Waals surface area contributed by atoms with Crippen molar-refractivity contribution < 1.29 is 19.1 Å². The van der Waals surface area contributed by atoms with Gasteiger partial charge < -0.3 is 19.7 Å². The summed E-state index contributed by atoms with van der Waals surface area (Å²) in [4.78, 5) is 25.3. The van der Waals surface area contributed by atoms with Crippen LogP contribution < -0.4 is 10.1 Å². The Morgan fingerprint density at radius 2 is 2.03 bits per heavy atom. The number of ether oxygens (including phenoxy) is 2. The molecule has 0 radical (unpaired) electrons. The summed E-state index contributed by atoms with van der Waals surface area (Å²) in [5.41, 5.74) is 3.84. The lowest BCUT2D eigenvalue weighted by Crippen LogP contribution is -2.52. The monoisotopic (exact) mass is 414 g/mol. The molecular weight excluding hydrogens is 392 g/mol. The van der Waals surface area contributed by atoms with Gasteiger partial charge in [0, 0.05) is 36.1 Å². The van der Waals surface area contributed by atoms with Crippen LogP contribution in [0.15, 0.2) is 36.4 Å². The van der Waals surface area contributed by atoms with Gasteiger partial charge in [0.2, 0.25) is 5.91 Å². The third-order valence-corrected chi connectivity index (χ3v) is 5.68. The standard InChI is InChI=1S/C22H23ClN2O4/c1-14-8-15(2-5-19(14)23)12-29-22(27)25-10-16(11-25)13-28-18-4-6-20-17(9-18)3-7-21(26)24-20/h2,4-6,8-9,16H,3,7,10-13H2,1H3,(H,24,26). The predicted octanol–water partition coefficient (Wildman–Crippen LogP) is 4.18. The van der Waals surface area contributed by atoms with Crippen molar-refractivity contribution in [3.8, 4) is 5.75 Å². The largest absolute Gasteiger partial charge is 0.493 e. The summed E-state index contributed by atoms with van der Waals surface area (Å²) in [7, 11) is 0. The van der Waals surface area contributed by atoms with Crippen LogP contribution in [0.3, 0.4) is 0 Å². The molecule has 7 heteroatoms. The number of rotatable bonds is 5. The van der Waals surface area contributed by atoms with Crippen LogP contribution >= 0.6 is 11.6 Å². The highest BCUT2D eigenvalue weighted by molar-refractivity contribution is 6.31. The van der Waals surface area contributed by atoms with Crippen molar-refractivity contribution in [2.75, 3.05) is 25.0 Å². The summed E-state index contributed by atoms with van der Waals surface area (Å²) in [5.74, 6) is 1.13. The summed E-state index contributed by atoms with van der Waals surface area (Å²) >= 11 is 6.01. The number of nitrogens with one attached hydrogen (secondary N) is 1. The van der Waals surface area contributed by atoms with Crippen molar-refractivity contribution in [3.63, 3.8) is 0 Å². The van der Waals surface area contributed by atoms with Crippen LogP contribution in [0, 0.1) is 12.8 Å². The summed E-state index contributed by atoms with van der Waals surface area (Å²) in [6.07, 6.45) is 0.929. The highest BCUT2D eigenvalue weighted by atomic mass is 35.5. The van der Waals surface area contributed by atoms with E-state index in [1.54, 1.807) is 4.90 Å². The third kappa shape index (κ3) is 4.65. The van der Waals surface area contributed by atoms with E-state index >= 15 is 0 Å². The first kappa shape index (κ1) is 19.6. The van der Waals surface area contributed by atoms with E-state index in [9.17, 15) is 9.59 Å². The fourth-order valence-corrected chi connectivity index (χ4v) is 3.64. The molecule has 2 aliphatic heterocycles. The molecule has 152 valence electrons. The van der Waals surface area contributed by atoms with Crippen LogP contribution in [-0.2, 0) is 22.6 Å². The lowest BCUT2D eigenvalue weighted by Gasteiger charge is -2.38. The Labute approximate surface area is 174 Å². The molecule has 0 unspecified atom stereocenters. The minimum absolute atomic E-state index is 0.0545. The van der Waals surface area contributed by atoms with Crippen molar-refractivity contribution in [1.29, 1.82) is 0 Å². The molecule has 0 aliphatic carbocycles. The number of carbonyl (C=O) groups is 2. The van der Waals surface area contributed by atoms with E-state index in [1.807, 2.05) is 43.3 Å². The molecule has 2 aliphatic rings. The number of carbonyl (C=O) groups excluding carboxylic acids is 2. The summed E-state index contributed by atoms with van der Waals surface area (Å²) < 4.78 is 11.3. The summed E-state index contributed by atoms with van der Waals surface area (Å²) in [6.45, 7) is 3.96. The molecule has 29 heavy (non-hydrogen) atoms. The number of likely N-dealkylation sites (tertiary alicyclic amines) is 1. The molecule has 2 amide bonds. The Morgan fingerprint density at radius 3 is 2.83 bits per heavy atom. The van der Waals surface area contributed by atoms with Crippen LogP contribution in [0.5, 0.6) is 5.75 Å². The fourth-order valence-electron chi connectivity index (χ4n) is 3.52. The molecule has 0 spiro atoms. The second-order valence-corrected chi connectivity index (χ2v) is 7.99. The lowest BCUT2D eigenvalue weighted by atomic mass is 10.0. The van der Waals surface area contributed by atoms with E-state index in [0.717, 1.165) is 34.5 Å². The van der Waals surface area contributed by atoms with Crippen molar-refractivity contribution in [2.24, 2.45) is 5.92 Å². The van der Waals surface area contributed by atoms with Gasteiger partial charge in [-0.25, -0.2) is 4.79 Å².